The molecule has 84 valence electrons. The third-order valence-electron chi connectivity index (χ3n) is 2.08. The van der Waals surface area contributed by atoms with Crippen molar-refractivity contribution in [2.45, 2.75) is 13.5 Å². The molecule has 0 spiro atoms. The predicted octanol–water partition coefficient (Wildman–Crippen LogP) is 1.78. The van der Waals surface area contributed by atoms with Crippen LogP contribution in [0.2, 0.25) is 0 Å². The first kappa shape index (κ1) is 10.9. The molecule has 0 fully saturated rings. The minimum absolute atomic E-state index is 0.0360. The van der Waals surface area contributed by atoms with Crippen molar-refractivity contribution in [1.82, 2.24) is 9.55 Å². The van der Waals surface area contributed by atoms with Crippen molar-refractivity contribution >= 4 is 16.5 Å². The van der Waals surface area contributed by atoms with Crippen LogP contribution in [0.3, 0.4) is 0 Å². The highest BCUT2D eigenvalue weighted by molar-refractivity contribution is 7.15. The minimum atomic E-state index is 0.0360. The Balaban J connectivity index is 2.08. The maximum Gasteiger partial charge on any atom is 0.182 e. The Labute approximate surface area is 97.6 Å². The highest BCUT2D eigenvalue weighted by Gasteiger charge is 2.00. The van der Waals surface area contributed by atoms with E-state index in [0.29, 0.717) is 0 Å². The largest absolute Gasteiger partial charge is 0.362 e. The van der Waals surface area contributed by atoms with E-state index in [9.17, 15) is 4.79 Å². The Kier molecular flexibility index (Phi) is 3.36. The van der Waals surface area contributed by atoms with Gasteiger partial charge in [0.05, 0.1) is 6.54 Å². The fourth-order valence-corrected chi connectivity index (χ4v) is 2.23. The third kappa shape index (κ3) is 2.70. The highest BCUT2D eigenvalue weighted by Crippen LogP contribution is 2.18. The summed E-state index contributed by atoms with van der Waals surface area (Å²) < 4.78 is 1.96. The molecule has 4 nitrogen and oxygen atoms in total. The van der Waals surface area contributed by atoms with Gasteiger partial charge in [-0.3, -0.25) is 4.79 Å². The first-order chi connectivity index (χ1) is 7.78. The van der Waals surface area contributed by atoms with E-state index in [4.69, 9.17) is 0 Å². The van der Waals surface area contributed by atoms with E-state index >= 15 is 0 Å². The smallest absolute Gasteiger partial charge is 0.182 e. The number of nitrogens with one attached hydrogen (secondary N) is 1. The van der Waals surface area contributed by atoms with Crippen LogP contribution in [0.1, 0.15) is 11.8 Å². The number of anilines is 1. The molecule has 0 saturated carbocycles. The summed E-state index contributed by atoms with van der Waals surface area (Å²) >= 11 is 1.64. The maximum absolute atomic E-state index is 10.9. The van der Waals surface area contributed by atoms with Gasteiger partial charge in [-0.05, 0) is 6.92 Å². The summed E-state index contributed by atoms with van der Waals surface area (Å²) in [6.07, 6.45) is 5.44. The van der Waals surface area contributed by atoms with E-state index in [0.717, 1.165) is 18.2 Å². The zero-order valence-corrected chi connectivity index (χ0v) is 9.83. The Morgan fingerprint density at radius 1 is 1.44 bits per heavy atom. The van der Waals surface area contributed by atoms with Crippen LogP contribution in [-0.2, 0) is 6.54 Å². The predicted molar refractivity (Wildman–Crippen MR) is 66.1 cm³/mol. The van der Waals surface area contributed by atoms with E-state index in [-0.39, 0.29) is 5.43 Å². The molecule has 16 heavy (non-hydrogen) atoms. The monoisotopic (exact) mass is 235 g/mol. The maximum atomic E-state index is 10.9. The van der Waals surface area contributed by atoms with E-state index in [1.807, 2.05) is 17.7 Å². The fourth-order valence-electron chi connectivity index (χ4n) is 1.34. The molecule has 0 aliphatic heterocycles. The summed E-state index contributed by atoms with van der Waals surface area (Å²) in [5.74, 6) is 0. The average Bonchev–Trinajstić information content (AvgIpc) is 2.70. The molecule has 1 N–H and O–H groups in total. The van der Waals surface area contributed by atoms with Crippen molar-refractivity contribution in [2.75, 3.05) is 11.9 Å². The fraction of sp³-hybridized carbons (Fsp3) is 0.273. The van der Waals surface area contributed by atoms with Gasteiger partial charge in [0, 0.05) is 42.1 Å². The average molecular weight is 235 g/mol. The Hall–Kier alpha value is -1.62. The van der Waals surface area contributed by atoms with Gasteiger partial charge in [-0.25, -0.2) is 4.98 Å². The molecule has 2 heterocycles. The SMILES string of the molecule is CCNc1ncc(Cn2ccc(=O)cc2)s1. The molecule has 0 saturated heterocycles. The van der Waals surface area contributed by atoms with Crippen LogP contribution in [0.25, 0.3) is 0 Å². The van der Waals surface area contributed by atoms with Crippen molar-refractivity contribution in [2.24, 2.45) is 0 Å². The van der Waals surface area contributed by atoms with Crippen molar-refractivity contribution in [1.29, 1.82) is 0 Å². The number of nitrogens with zero attached hydrogens (tertiary/aromatic N) is 2. The van der Waals surface area contributed by atoms with E-state index in [1.165, 1.54) is 4.88 Å². The van der Waals surface area contributed by atoms with Crippen LogP contribution in [0.15, 0.2) is 35.5 Å². The van der Waals surface area contributed by atoms with Crippen LogP contribution < -0.4 is 10.7 Å². The second-order valence-electron chi connectivity index (χ2n) is 3.37. The Morgan fingerprint density at radius 2 is 2.19 bits per heavy atom. The number of rotatable bonds is 4. The lowest BCUT2D eigenvalue weighted by Gasteiger charge is -2.01. The molecule has 5 heteroatoms. The molecule has 2 aromatic rings. The Bertz CT molecular complexity index is 497. The number of thiazole rings is 1. The standard InChI is InChI=1S/C11H13N3OS/c1-2-12-11-13-7-10(16-11)8-14-5-3-9(15)4-6-14/h3-7H,2,8H2,1H3,(H,12,13). The number of hydrogen-bond donors (Lipinski definition) is 1. The van der Waals surface area contributed by atoms with Crippen molar-refractivity contribution in [3.63, 3.8) is 0 Å². The highest BCUT2D eigenvalue weighted by atomic mass is 32.1. The van der Waals surface area contributed by atoms with Crippen LogP contribution in [0, 0.1) is 0 Å². The van der Waals surface area contributed by atoms with E-state index < -0.39 is 0 Å². The van der Waals surface area contributed by atoms with Gasteiger partial charge in [0.1, 0.15) is 0 Å². The second-order valence-corrected chi connectivity index (χ2v) is 4.48. The first-order valence-corrected chi connectivity index (χ1v) is 5.94. The number of hydrogen-bond acceptors (Lipinski definition) is 4. The molecule has 0 aromatic carbocycles. The zero-order valence-electron chi connectivity index (χ0n) is 9.01. The van der Waals surface area contributed by atoms with Crippen molar-refractivity contribution in [3.8, 4) is 0 Å². The normalized spacial score (nSPS) is 10.3. The van der Waals surface area contributed by atoms with Gasteiger partial charge in [-0.15, -0.1) is 11.3 Å². The molecule has 0 aliphatic rings. The lowest BCUT2D eigenvalue weighted by atomic mass is 10.4. The summed E-state index contributed by atoms with van der Waals surface area (Å²) in [4.78, 5) is 16.3. The quantitative estimate of drug-likeness (QED) is 0.878. The number of pyridine rings is 1. The molecule has 0 bridgehead atoms. The molecular weight excluding hydrogens is 222 g/mol. The molecule has 0 unspecified atom stereocenters. The lowest BCUT2D eigenvalue weighted by molar-refractivity contribution is 0.799. The molecule has 2 rings (SSSR count). The molecule has 0 aliphatic carbocycles. The van der Waals surface area contributed by atoms with E-state index in [2.05, 4.69) is 10.3 Å². The molecular formula is C11H13N3OS. The summed E-state index contributed by atoms with van der Waals surface area (Å²) in [7, 11) is 0. The molecule has 0 amide bonds. The molecule has 0 radical (unpaired) electrons. The van der Waals surface area contributed by atoms with E-state index in [1.54, 1.807) is 35.9 Å². The Morgan fingerprint density at radius 3 is 2.88 bits per heavy atom. The molecule has 2 aromatic heterocycles. The first-order valence-electron chi connectivity index (χ1n) is 5.12. The summed E-state index contributed by atoms with van der Waals surface area (Å²) in [5, 5.41) is 4.11. The lowest BCUT2D eigenvalue weighted by Crippen LogP contribution is -2.03. The second kappa shape index (κ2) is 4.94. The van der Waals surface area contributed by atoms with Crippen LogP contribution in [-0.4, -0.2) is 16.1 Å². The van der Waals surface area contributed by atoms with Gasteiger partial charge in [-0.2, -0.15) is 0 Å². The van der Waals surface area contributed by atoms with Crippen LogP contribution >= 0.6 is 11.3 Å². The van der Waals surface area contributed by atoms with Gasteiger partial charge < -0.3 is 9.88 Å². The van der Waals surface area contributed by atoms with Gasteiger partial charge >= 0.3 is 0 Å². The summed E-state index contributed by atoms with van der Waals surface area (Å²) in [5.41, 5.74) is 0.0360. The number of aromatic nitrogens is 2. The van der Waals surface area contributed by atoms with Gasteiger partial charge in [0.25, 0.3) is 0 Å². The van der Waals surface area contributed by atoms with Crippen LogP contribution in [0.4, 0.5) is 5.13 Å². The zero-order chi connectivity index (χ0) is 11.4. The minimum Gasteiger partial charge on any atom is -0.362 e. The summed E-state index contributed by atoms with van der Waals surface area (Å²) in [6, 6.07) is 3.12. The van der Waals surface area contributed by atoms with Gasteiger partial charge in [-0.1, -0.05) is 0 Å². The third-order valence-corrected chi connectivity index (χ3v) is 3.02. The summed E-state index contributed by atoms with van der Waals surface area (Å²) in [6.45, 7) is 3.68. The van der Waals surface area contributed by atoms with Crippen molar-refractivity contribution < 1.29 is 0 Å². The van der Waals surface area contributed by atoms with Gasteiger partial charge in [0.15, 0.2) is 10.6 Å². The van der Waals surface area contributed by atoms with Gasteiger partial charge in [0.2, 0.25) is 0 Å². The molecule has 0 atom stereocenters. The van der Waals surface area contributed by atoms with Crippen LogP contribution in [0.5, 0.6) is 0 Å². The van der Waals surface area contributed by atoms with Crippen molar-refractivity contribution in [3.05, 3.63) is 45.8 Å². The topological polar surface area (TPSA) is 46.9 Å².